The summed E-state index contributed by atoms with van der Waals surface area (Å²) in [7, 11) is 0. The second-order valence-electron chi connectivity index (χ2n) is 5.33. The van der Waals surface area contributed by atoms with Crippen molar-refractivity contribution in [2.75, 3.05) is 6.54 Å². The molecule has 0 aromatic carbocycles. The van der Waals surface area contributed by atoms with Gasteiger partial charge in [0.1, 0.15) is 0 Å². The van der Waals surface area contributed by atoms with Crippen LogP contribution in [-0.2, 0) is 17.8 Å². The van der Waals surface area contributed by atoms with Crippen LogP contribution in [0, 0.1) is 12.3 Å². The summed E-state index contributed by atoms with van der Waals surface area (Å²) in [6.07, 6.45) is 0.904. The first-order valence-corrected chi connectivity index (χ1v) is 6.44. The average molecular weight is 238 g/mol. The second-order valence-corrected chi connectivity index (χ2v) is 6.62. The number of thiazole rings is 1. The first-order valence-electron chi connectivity index (χ1n) is 5.62. The standard InChI is InChI=1S/C12H18N2OS/c1-8-13-9-5-6-14(7-10(9)16-8)11(15)12(2,3)4/h5-7H2,1-4H3. The molecule has 0 unspecified atom stereocenters. The van der Waals surface area contributed by atoms with E-state index in [9.17, 15) is 4.79 Å². The van der Waals surface area contributed by atoms with Crippen molar-refractivity contribution in [2.45, 2.75) is 40.7 Å². The van der Waals surface area contributed by atoms with Crippen molar-refractivity contribution >= 4 is 17.2 Å². The molecule has 0 spiro atoms. The van der Waals surface area contributed by atoms with E-state index >= 15 is 0 Å². The van der Waals surface area contributed by atoms with Crippen LogP contribution < -0.4 is 0 Å². The summed E-state index contributed by atoms with van der Waals surface area (Å²) in [6, 6.07) is 0. The van der Waals surface area contributed by atoms with Crippen molar-refractivity contribution in [1.82, 2.24) is 9.88 Å². The highest BCUT2D eigenvalue weighted by molar-refractivity contribution is 7.11. The Kier molecular flexibility index (Phi) is 2.78. The number of aromatic nitrogens is 1. The van der Waals surface area contributed by atoms with Gasteiger partial charge in [0.05, 0.1) is 17.2 Å². The SMILES string of the molecule is Cc1nc2c(s1)CN(C(=O)C(C)(C)C)CC2. The van der Waals surface area contributed by atoms with Gasteiger partial charge in [-0.25, -0.2) is 4.98 Å². The fourth-order valence-electron chi connectivity index (χ4n) is 1.97. The zero-order chi connectivity index (χ0) is 11.9. The lowest BCUT2D eigenvalue weighted by Gasteiger charge is -2.31. The zero-order valence-corrected chi connectivity index (χ0v) is 11.1. The molecule has 1 amide bonds. The minimum absolute atomic E-state index is 0.240. The van der Waals surface area contributed by atoms with Gasteiger partial charge in [0, 0.05) is 23.3 Å². The third-order valence-electron chi connectivity index (χ3n) is 2.77. The molecule has 0 saturated heterocycles. The molecule has 3 nitrogen and oxygen atoms in total. The Balaban J connectivity index is 2.17. The van der Waals surface area contributed by atoms with Gasteiger partial charge in [-0.1, -0.05) is 20.8 Å². The van der Waals surface area contributed by atoms with E-state index in [0.717, 1.165) is 24.5 Å². The van der Waals surface area contributed by atoms with E-state index in [2.05, 4.69) is 4.98 Å². The minimum Gasteiger partial charge on any atom is -0.337 e. The molecule has 0 atom stereocenters. The van der Waals surface area contributed by atoms with Gasteiger partial charge in [0.2, 0.25) is 5.91 Å². The molecule has 1 aliphatic rings. The van der Waals surface area contributed by atoms with Gasteiger partial charge in [0.25, 0.3) is 0 Å². The van der Waals surface area contributed by atoms with Gasteiger partial charge in [-0.3, -0.25) is 4.79 Å². The lowest BCUT2D eigenvalue weighted by Crippen LogP contribution is -2.42. The molecule has 0 saturated carbocycles. The van der Waals surface area contributed by atoms with Crippen LogP contribution in [0.25, 0.3) is 0 Å². The predicted octanol–water partition coefficient (Wildman–Crippen LogP) is 2.38. The Morgan fingerprint density at radius 3 is 2.75 bits per heavy atom. The van der Waals surface area contributed by atoms with Crippen LogP contribution in [0.5, 0.6) is 0 Å². The number of rotatable bonds is 0. The third kappa shape index (κ3) is 2.12. The molecule has 0 radical (unpaired) electrons. The van der Waals surface area contributed by atoms with Gasteiger partial charge in [-0.15, -0.1) is 11.3 Å². The van der Waals surface area contributed by atoms with Crippen LogP contribution in [0.3, 0.4) is 0 Å². The summed E-state index contributed by atoms with van der Waals surface area (Å²) in [5.41, 5.74) is 0.914. The van der Waals surface area contributed by atoms with Crippen molar-refractivity contribution < 1.29 is 4.79 Å². The van der Waals surface area contributed by atoms with Crippen LogP contribution in [0.1, 0.15) is 36.3 Å². The minimum atomic E-state index is -0.281. The molecule has 0 N–H and O–H groups in total. The fraction of sp³-hybridized carbons (Fsp3) is 0.667. The summed E-state index contributed by atoms with van der Waals surface area (Å²) >= 11 is 1.72. The molecule has 4 heteroatoms. The second kappa shape index (κ2) is 3.84. The third-order valence-corrected chi connectivity index (χ3v) is 3.76. The number of hydrogen-bond donors (Lipinski definition) is 0. The van der Waals surface area contributed by atoms with Crippen LogP contribution in [0.15, 0.2) is 0 Å². The van der Waals surface area contributed by atoms with Crippen LogP contribution in [-0.4, -0.2) is 22.3 Å². The number of carbonyl (C=O) groups excluding carboxylic acids is 1. The summed E-state index contributed by atoms with van der Waals surface area (Å²) in [5, 5.41) is 1.11. The van der Waals surface area contributed by atoms with Crippen molar-refractivity contribution in [2.24, 2.45) is 5.41 Å². The largest absolute Gasteiger partial charge is 0.337 e. The molecule has 0 bridgehead atoms. The number of fused-ring (bicyclic) bond motifs is 1. The molecule has 0 aliphatic carbocycles. The highest BCUT2D eigenvalue weighted by Crippen LogP contribution is 2.27. The molecule has 1 aromatic rings. The van der Waals surface area contributed by atoms with Crippen molar-refractivity contribution in [1.29, 1.82) is 0 Å². The fourth-order valence-corrected chi connectivity index (χ4v) is 2.97. The van der Waals surface area contributed by atoms with Gasteiger partial charge in [-0.05, 0) is 6.92 Å². The maximum Gasteiger partial charge on any atom is 0.228 e. The van der Waals surface area contributed by atoms with Gasteiger partial charge < -0.3 is 4.90 Å². The summed E-state index contributed by atoms with van der Waals surface area (Å²) in [5.74, 6) is 0.240. The molecule has 1 aromatic heterocycles. The molecule has 16 heavy (non-hydrogen) atoms. The zero-order valence-electron chi connectivity index (χ0n) is 10.3. The predicted molar refractivity (Wildman–Crippen MR) is 65.4 cm³/mol. The number of carbonyl (C=O) groups is 1. The lowest BCUT2D eigenvalue weighted by atomic mass is 9.94. The number of aryl methyl sites for hydroxylation is 1. The molecule has 2 heterocycles. The van der Waals surface area contributed by atoms with Crippen LogP contribution in [0.4, 0.5) is 0 Å². The molecule has 2 rings (SSSR count). The van der Waals surface area contributed by atoms with Crippen LogP contribution in [0.2, 0.25) is 0 Å². The molecular formula is C12H18N2OS. The number of nitrogens with zero attached hydrogens (tertiary/aromatic N) is 2. The average Bonchev–Trinajstić information content (AvgIpc) is 2.54. The number of amides is 1. The van der Waals surface area contributed by atoms with Gasteiger partial charge >= 0.3 is 0 Å². The summed E-state index contributed by atoms with van der Waals surface area (Å²) in [6.45, 7) is 9.51. The van der Waals surface area contributed by atoms with E-state index in [1.807, 2.05) is 32.6 Å². The maximum atomic E-state index is 12.1. The van der Waals surface area contributed by atoms with E-state index in [4.69, 9.17) is 0 Å². The van der Waals surface area contributed by atoms with E-state index in [1.165, 1.54) is 10.6 Å². The molecule has 0 fully saturated rings. The Bertz CT molecular complexity index is 417. The van der Waals surface area contributed by atoms with E-state index in [-0.39, 0.29) is 11.3 Å². The quantitative estimate of drug-likeness (QED) is 0.695. The van der Waals surface area contributed by atoms with Crippen LogP contribution >= 0.6 is 11.3 Å². The number of hydrogen-bond acceptors (Lipinski definition) is 3. The van der Waals surface area contributed by atoms with Crippen molar-refractivity contribution in [3.8, 4) is 0 Å². The van der Waals surface area contributed by atoms with Crippen molar-refractivity contribution in [3.05, 3.63) is 15.6 Å². The molecular weight excluding hydrogens is 220 g/mol. The Morgan fingerprint density at radius 1 is 1.44 bits per heavy atom. The molecule has 88 valence electrons. The highest BCUT2D eigenvalue weighted by atomic mass is 32.1. The Labute approximate surface area is 100 Å². The highest BCUT2D eigenvalue weighted by Gasteiger charge is 2.30. The van der Waals surface area contributed by atoms with E-state index < -0.39 is 0 Å². The van der Waals surface area contributed by atoms with Crippen molar-refractivity contribution in [3.63, 3.8) is 0 Å². The topological polar surface area (TPSA) is 33.2 Å². The lowest BCUT2D eigenvalue weighted by molar-refractivity contribution is -0.140. The van der Waals surface area contributed by atoms with Gasteiger partial charge in [0.15, 0.2) is 0 Å². The summed E-state index contributed by atoms with van der Waals surface area (Å²) < 4.78 is 0. The summed E-state index contributed by atoms with van der Waals surface area (Å²) in [4.78, 5) is 19.9. The first kappa shape index (κ1) is 11.6. The molecule has 1 aliphatic heterocycles. The maximum absolute atomic E-state index is 12.1. The smallest absolute Gasteiger partial charge is 0.228 e. The van der Waals surface area contributed by atoms with Gasteiger partial charge in [-0.2, -0.15) is 0 Å². The van der Waals surface area contributed by atoms with E-state index in [1.54, 1.807) is 11.3 Å². The Morgan fingerprint density at radius 2 is 2.12 bits per heavy atom. The normalized spacial score (nSPS) is 16.1. The van der Waals surface area contributed by atoms with E-state index in [0.29, 0.717) is 0 Å². The first-order chi connectivity index (χ1) is 7.38. The Hall–Kier alpha value is -0.900. The monoisotopic (exact) mass is 238 g/mol.